The third-order valence-corrected chi connectivity index (χ3v) is 3.65. The van der Waals surface area contributed by atoms with E-state index in [9.17, 15) is 9.18 Å². The Morgan fingerprint density at radius 3 is 2.67 bits per heavy atom. The van der Waals surface area contributed by atoms with Crippen molar-refractivity contribution in [1.29, 1.82) is 0 Å². The SMILES string of the molecule is CCCN(C(=O)c1ccc(F)c(Br)c1)c1cccc(N)c1. The van der Waals surface area contributed by atoms with Crippen molar-refractivity contribution >= 4 is 33.2 Å². The molecule has 2 N–H and O–H groups in total. The summed E-state index contributed by atoms with van der Waals surface area (Å²) in [6, 6.07) is 11.4. The van der Waals surface area contributed by atoms with Gasteiger partial charge in [0, 0.05) is 23.5 Å². The van der Waals surface area contributed by atoms with Crippen molar-refractivity contribution in [2.24, 2.45) is 0 Å². The van der Waals surface area contributed by atoms with E-state index in [2.05, 4.69) is 15.9 Å². The van der Waals surface area contributed by atoms with E-state index in [1.165, 1.54) is 18.2 Å². The lowest BCUT2D eigenvalue weighted by atomic mass is 10.1. The van der Waals surface area contributed by atoms with Gasteiger partial charge in [-0.3, -0.25) is 4.79 Å². The van der Waals surface area contributed by atoms with Gasteiger partial charge in [-0.1, -0.05) is 13.0 Å². The van der Waals surface area contributed by atoms with E-state index < -0.39 is 5.82 Å². The largest absolute Gasteiger partial charge is 0.399 e. The van der Waals surface area contributed by atoms with E-state index in [1.54, 1.807) is 23.1 Å². The summed E-state index contributed by atoms with van der Waals surface area (Å²) in [5, 5.41) is 0. The van der Waals surface area contributed by atoms with Crippen LogP contribution in [0.3, 0.4) is 0 Å². The molecule has 0 aromatic heterocycles. The summed E-state index contributed by atoms with van der Waals surface area (Å²) in [6.07, 6.45) is 0.808. The molecule has 0 spiro atoms. The van der Waals surface area contributed by atoms with Crippen LogP contribution in [0.2, 0.25) is 0 Å². The minimum Gasteiger partial charge on any atom is -0.399 e. The second-order valence-corrected chi connectivity index (χ2v) is 5.54. The van der Waals surface area contributed by atoms with Crippen LogP contribution < -0.4 is 10.6 Å². The first-order valence-electron chi connectivity index (χ1n) is 6.65. The van der Waals surface area contributed by atoms with Gasteiger partial charge in [0.2, 0.25) is 0 Å². The molecule has 0 bridgehead atoms. The number of nitrogens with two attached hydrogens (primary N) is 1. The molecule has 0 radical (unpaired) electrons. The Bertz CT molecular complexity index is 660. The highest BCUT2D eigenvalue weighted by Crippen LogP contribution is 2.23. The Morgan fingerprint density at radius 2 is 2.05 bits per heavy atom. The van der Waals surface area contributed by atoms with Crippen LogP contribution >= 0.6 is 15.9 Å². The van der Waals surface area contributed by atoms with Gasteiger partial charge in [0.25, 0.3) is 5.91 Å². The zero-order chi connectivity index (χ0) is 15.4. The minimum absolute atomic E-state index is 0.178. The van der Waals surface area contributed by atoms with Gasteiger partial charge in [-0.25, -0.2) is 4.39 Å². The number of anilines is 2. The van der Waals surface area contributed by atoms with Crippen LogP contribution in [0.1, 0.15) is 23.7 Å². The van der Waals surface area contributed by atoms with Gasteiger partial charge >= 0.3 is 0 Å². The number of carbonyl (C=O) groups is 1. The highest BCUT2D eigenvalue weighted by Gasteiger charge is 2.18. The van der Waals surface area contributed by atoms with E-state index in [1.807, 2.05) is 13.0 Å². The number of halogens is 2. The fourth-order valence-electron chi connectivity index (χ4n) is 2.05. The molecule has 0 aliphatic rings. The summed E-state index contributed by atoms with van der Waals surface area (Å²) in [4.78, 5) is 14.3. The fraction of sp³-hybridized carbons (Fsp3) is 0.188. The molecular weight excluding hydrogens is 335 g/mol. The molecule has 0 saturated heterocycles. The summed E-state index contributed by atoms with van der Waals surface area (Å²) in [6.45, 7) is 2.56. The van der Waals surface area contributed by atoms with E-state index in [0.717, 1.165) is 12.1 Å². The number of hydrogen-bond donors (Lipinski definition) is 1. The van der Waals surface area contributed by atoms with Crippen molar-refractivity contribution in [2.45, 2.75) is 13.3 Å². The van der Waals surface area contributed by atoms with Crippen LogP contribution in [0.4, 0.5) is 15.8 Å². The Hall–Kier alpha value is -1.88. The number of carbonyl (C=O) groups excluding carboxylic acids is 1. The summed E-state index contributed by atoms with van der Waals surface area (Å²) in [5.74, 6) is -0.569. The van der Waals surface area contributed by atoms with Crippen LogP contribution in [-0.4, -0.2) is 12.5 Å². The minimum atomic E-state index is -0.391. The molecule has 0 unspecified atom stereocenters. The molecule has 0 heterocycles. The van der Waals surface area contributed by atoms with Crippen LogP contribution in [0.15, 0.2) is 46.9 Å². The third kappa shape index (κ3) is 3.61. The number of nitrogens with zero attached hydrogens (tertiary/aromatic N) is 1. The lowest BCUT2D eigenvalue weighted by molar-refractivity contribution is 0.0987. The predicted molar refractivity (Wildman–Crippen MR) is 86.9 cm³/mol. The number of benzene rings is 2. The van der Waals surface area contributed by atoms with Gasteiger partial charge in [0.05, 0.1) is 4.47 Å². The van der Waals surface area contributed by atoms with E-state index in [0.29, 0.717) is 17.8 Å². The molecule has 0 fully saturated rings. The van der Waals surface area contributed by atoms with E-state index >= 15 is 0 Å². The molecule has 0 aliphatic carbocycles. The maximum Gasteiger partial charge on any atom is 0.258 e. The van der Waals surface area contributed by atoms with Gasteiger partial charge in [-0.2, -0.15) is 0 Å². The number of rotatable bonds is 4. The zero-order valence-electron chi connectivity index (χ0n) is 11.6. The van der Waals surface area contributed by atoms with Crippen molar-refractivity contribution in [3.05, 3.63) is 58.3 Å². The summed E-state index contributed by atoms with van der Waals surface area (Å²) in [5.41, 5.74) is 7.55. The molecular formula is C16H16BrFN2O. The second kappa shape index (κ2) is 6.72. The fourth-order valence-corrected chi connectivity index (χ4v) is 2.43. The van der Waals surface area contributed by atoms with E-state index in [4.69, 9.17) is 5.73 Å². The Labute approximate surface area is 131 Å². The van der Waals surface area contributed by atoms with E-state index in [-0.39, 0.29) is 10.4 Å². The molecule has 2 aromatic carbocycles. The molecule has 2 aromatic rings. The number of hydrogen-bond acceptors (Lipinski definition) is 2. The van der Waals surface area contributed by atoms with Crippen LogP contribution in [0.25, 0.3) is 0 Å². The molecule has 3 nitrogen and oxygen atoms in total. The van der Waals surface area contributed by atoms with Gasteiger partial charge in [-0.15, -0.1) is 0 Å². The molecule has 0 saturated carbocycles. The van der Waals surface area contributed by atoms with Crippen molar-refractivity contribution < 1.29 is 9.18 Å². The Morgan fingerprint density at radius 1 is 1.29 bits per heavy atom. The first kappa shape index (κ1) is 15.5. The molecule has 1 amide bonds. The highest BCUT2D eigenvalue weighted by atomic mass is 79.9. The number of amides is 1. The van der Waals surface area contributed by atoms with Crippen molar-refractivity contribution in [3.8, 4) is 0 Å². The van der Waals surface area contributed by atoms with Gasteiger partial charge in [0.1, 0.15) is 5.82 Å². The standard InChI is InChI=1S/C16H16BrFN2O/c1-2-8-20(13-5-3-4-12(19)10-13)16(21)11-6-7-15(18)14(17)9-11/h3-7,9-10H,2,8,19H2,1H3. The van der Waals surface area contributed by atoms with Crippen molar-refractivity contribution in [2.75, 3.05) is 17.2 Å². The predicted octanol–water partition coefficient (Wildman–Crippen LogP) is 4.23. The molecule has 2 rings (SSSR count). The first-order chi connectivity index (χ1) is 10.0. The Kier molecular flexibility index (Phi) is 4.96. The number of nitrogen functional groups attached to an aromatic ring is 1. The van der Waals surface area contributed by atoms with Gasteiger partial charge in [0.15, 0.2) is 0 Å². The highest BCUT2D eigenvalue weighted by molar-refractivity contribution is 9.10. The molecule has 0 atom stereocenters. The summed E-state index contributed by atoms with van der Waals surface area (Å²) >= 11 is 3.10. The zero-order valence-corrected chi connectivity index (χ0v) is 13.2. The molecule has 5 heteroatoms. The lowest BCUT2D eigenvalue weighted by Gasteiger charge is -2.23. The summed E-state index contributed by atoms with van der Waals surface area (Å²) < 4.78 is 13.6. The first-order valence-corrected chi connectivity index (χ1v) is 7.44. The van der Waals surface area contributed by atoms with Gasteiger partial charge < -0.3 is 10.6 Å². The quantitative estimate of drug-likeness (QED) is 0.838. The second-order valence-electron chi connectivity index (χ2n) is 4.68. The average Bonchev–Trinajstić information content (AvgIpc) is 2.47. The third-order valence-electron chi connectivity index (χ3n) is 3.04. The maximum atomic E-state index is 13.3. The normalized spacial score (nSPS) is 10.4. The van der Waals surface area contributed by atoms with Crippen LogP contribution in [0.5, 0.6) is 0 Å². The van der Waals surface area contributed by atoms with Crippen LogP contribution in [0, 0.1) is 5.82 Å². The average molecular weight is 351 g/mol. The smallest absolute Gasteiger partial charge is 0.258 e. The maximum absolute atomic E-state index is 13.3. The monoisotopic (exact) mass is 350 g/mol. The van der Waals surface area contributed by atoms with Crippen molar-refractivity contribution in [3.63, 3.8) is 0 Å². The molecule has 0 aliphatic heterocycles. The van der Waals surface area contributed by atoms with Gasteiger partial charge in [-0.05, 0) is 58.7 Å². The lowest BCUT2D eigenvalue weighted by Crippen LogP contribution is -2.31. The molecule has 110 valence electrons. The van der Waals surface area contributed by atoms with Crippen LogP contribution in [-0.2, 0) is 0 Å². The topological polar surface area (TPSA) is 46.3 Å². The Balaban J connectivity index is 2.37. The van der Waals surface area contributed by atoms with Crippen molar-refractivity contribution in [1.82, 2.24) is 0 Å². The summed E-state index contributed by atoms with van der Waals surface area (Å²) in [7, 11) is 0. The molecule has 21 heavy (non-hydrogen) atoms.